The van der Waals surface area contributed by atoms with Gasteiger partial charge in [-0.25, -0.2) is 0 Å². The van der Waals surface area contributed by atoms with Crippen LogP contribution in [0.5, 0.6) is 0 Å². The van der Waals surface area contributed by atoms with Crippen LogP contribution in [0.15, 0.2) is 71.7 Å². The lowest BCUT2D eigenvalue weighted by Crippen LogP contribution is -2.20. The van der Waals surface area contributed by atoms with Crippen molar-refractivity contribution in [2.45, 2.75) is 13.1 Å². The highest BCUT2D eigenvalue weighted by Gasteiger charge is 2.01. The molecule has 3 aromatic rings. The minimum atomic E-state index is 0.0825. The maximum atomic E-state index is 11.8. The van der Waals surface area contributed by atoms with Gasteiger partial charge in [0.1, 0.15) is 0 Å². The molecule has 0 amide bonds. The number of pyridine rings is 1. The minimum Gasteiger partial charge on any atom is -0.346 e. The molecule has 1 aromatic heterocycles. The summed E-state index contributed by atoms with van der Waals surface area (Å²) in [5, 5.41) is 4.21. The Bertz CT molecular complexity index is 778. The summed E-state index contributed by atoms with van der Waals surface area (Å²) in [6.07, 6.45) is 1.87. The van der Waals surface area contributed by atoms with Crippen LogP contribution in [-0.4, -0.2) is 11.1 Å². The van der Waals surface area contributed by atoms with Gasteiger partial charge in [0.05, 0.1) is 5.52 Å². The summed E-state index contributed by atoms with van der Waals surface area (Å²) in [4.78, 5) is 11.8. The summed E-state index contributed by atoms with van der Waals surface area (Å²) in [5.74, 6) is 0. The van der Waals surface area contributed by atoms with Gasteiger partial charge in [-0.05, 0) is 17.7 Å². The maximum Gasteiger partial charge on any atom is 0.189 e. The van der Waals surface area contributed by atoms with Gasteiger partial charge in [0.2, 0.25) is 0 Å². The Morgan fingerprint density at radius 2 is 1.67 bits per heavy atom. The minimum absolute atomic E-state index is 0.0825. The molecular formula is C18H18N2O. The van der Waals surface area contributed by atoms with Gasteiger partial charge in [-0.1, -0.05) is 42.5 Å². The molecule has 0 saturated carbocycles. The number of nitrogens with one attached hydrogen (secondary N) is 1. The van der Waals surface area contributed by atoms with E-state index in [1.54, 1.807) is 6.07 Å². The van der Waals surface area contributed by atoms with Crippen molar-refractivity contribution >= 4 is 10.9 Å². The molecular weight excluding hydrogens is 260 g/mol. The molecule has 2 aromatic carbocycles. The standard InChI is InChI=1S/C18H18N2O/c21-18-10-12-20(17-9-5-4-8-16(17)18)13-11-19-14-15-6-2-1-3-7-15/h1-10,12,19H,11,13-14H2. The first kappa shape index (κ1) is 13.6. The molecule has 0 radical (unpaired) electrons. The highest BCUT2D eigenvalue weighted by atomic mass is 16.1. The highest BCUT2D eigenvalue weighted by Crippen LogP contribution is 2.08. The Kier molecular flexibility index (Phi) is 4.12. The molecule has 3 heteroatoms. The SMILES string of the molecule is O=c1ccn(CCNCc2ccccc2)c2ccccc12. The Labute approximate surface area is 123 Å². The van der Waals surface area contributed by atoms with Crippen LogP contribution in [0.3, 0.4) is 0 Å². The predicted molar refractivity (Wildman–Crippen MR) is 86.4 cm³/mol. The Hall–Kier alpha value is -2.39. The first-order chi connectivity index (χ1) is 10.3. The number of nitrogens with zero attached hydrogens (tertiary/aromatic N) is 1. The lowest BCUT2D eigenvalue weighted by molar-refractivity contribution is 0.607. The second-order valence-corrected chi connectivity index (χ2v) is 5.05. The number of para-hydroxylation sites is 1. The summed E-state index contributed by atoms with van der Waals surface area (Å²) < 4.78 is 2.12. The van der Waals surface area contributed by atoms with Crippen LogP contribution < -0.4 is 10.7 Å². The van der Waals surface area contributed by atoms with Crippen molar-refractivity contribution in [3.05, 3.63) is 82.6 Å². The van der Waals surface area contributed by atoms with E-state index in [0.29, 0.717) is 0 Å². The van der Waals surface area contributed by atoms with Crippen LogP contribution in [0.25, 0.3) is 10.9 Å². The number of hydrogen-bond acceptors (Lipinski definition) is 2. The van der Waals surface area contributed by atoms with Gasteiger partial charge in [-0.15, -0.1) is 0 Å². The third-order valence-electron chi connectivity index (χ3n) is 3.59. The highest BCUT2D eigenvalue weighted by molar-refractivity contribution is 5.78. The fourth-order valence-corrected chi connectivity index (χ4v) is 2.48. The molecule has 0 spiro atoms. The average molecular weight is 278 g/mol. The molecule has 0 aliphatic heterocycles. The largest absolute Gasteiger partial charge is 0.346 e. The number of aromatic nitrogens is 1. The fraction of sp³-hybridized carbons (Fsp3) is 0.167. The molecule has 3 rings (SSSR count). The molecule has 0 bridgehead atoms. The van der Waals surface area contributed by atoms with Crippen molar-refractivity contribution in [3.63, 3.8) is 0 Å². The zero-order valence-corrected chi connectivity index (χ0v) is 11.8. The molecule has 0 unspecified atom stereocenters. The first-order valence-electron chi connectivity index (χ1n) is 7.17. The summed E-state index contributed by atoms with van der Waals surface area (Å²) >= 11 is 0. The van der Waals surface area contributed by atoms with Gasteiger partial charge in [0.15, 0.2) is 5.43 Å². The molecule has 0 aliphatic carbocycles. The van der Waals surface area contributed by atoms with E-state index in [9.17, 15) is 4.79 Å². The summed E-state index contributed by atoms with van der Waals surface area (Å²) in [5.41, 5.74) is 2.35. The van der Waals surface area contributed by atoms with Crippen molar-refractivity contribution < 1.29 is 0 Å². The molecule has 0 fully saturated rings. The van der Waals surface area contributed by atoms with Crippen LogP contribution in [0.1, 0.15) is 5.56 Å². The van der Waals surface area contributed by atoms with Gasteiger partial charge in [0, 0.05) is 37.3 Å². The molecule has 0 saturated heterocycles. The van der Waals surface area contributed by atoms with Crippen molar-refractivity contribution in [3.8, 4) is 0 Å². The Morgan fingerprint density at radius 3 is 2.52 bits per heavy atom. The number of benzene rings is 2. The molecule has 106 valence electrons. The third-order valence-corrected chi connectivity index (χ3v) is 3.59. The van der Waals surface area contributed by atoms with Crippen molar-refractivity contribution in [2.75, 3.05) is 6.54 Å². The van der Waals surface area contributed by atoms with Gasteiger partial charge >= 0.3 is 0 Å². The van der Waals surface area contributed by atoms with Crippen LogP contribution in [0, 0.1) is 0 Å². The zero-order chi connectivity index (χ0) is 14.5. The van der Waals surface area contributed by atoms with E-state index >= 15 is 0 Å². The molecule has 1 heterocycles. The van der Waals surface area contributed by atoms with Crippen molar-refractivity contribution in [1.29, 1.82) is 0 Å². The molecule has 0 atom stereocenters. The zero-order valence-electron chi connectivity index (χ0n) is 11.8. The van der Waals surface area contributed by atoms with Crippen LogP contribution >= 0.6 is 0 Å². The summed E-state index contributed by atoms with van der Waals surface area (Å²) in [6, 6.07) is 19.7. The monoisotopic (exact) mass is 278 g/mol. The number of hydrogen-bond donors (Lipinski definition) is 1. The molecule has 0 aliphatic rings. The van der Waals surface area contributed by atoms with E-state index < -0.39 is 0 Å². The Balaban J connectivity index is 1.66. The van der Waals surface area contributed by atoms with Gasteiger partial charge in [-0.2, -0.15) is 0 Å². The van der Waals surface area contributed by atoms with Crippen LogP contribution in [0.4, 0.5) is 0 Å². The van der Waals surface area contributed by atoms with Gasteiger partial charge in [-0.3, -0.25) is 4.79 Å². The third kappa shape index (κ3) is 3.20. The normalized spacial score (nSPS) is 10.9. The smallest absolute Gasteiger partial charge is 0.189 e. The molecule has 1 N–H and O–H groups in total. The molecule has 3 nitrogen and oxygen atoms in total. The van der Waals surface area contributed by atoms with Crippen LogP contribution in [-0.2, 0) is 13.1 Å². The van der Waals surface area contributed by atoms with Crippen molar-refractivity contribution in [2.24, 2.45) is 0 Å². The summed E-state index contributed by atoms with van der Waals surface area (Å²) in [7, 11) is 0. The van der Waals surface area contributed by atoms with E-state index in [2.05, 4.69) is 22.0 Å². The first-order valence-corrected chi connectivity index (χ1v) is 7.17. The van der Waals surface area contributed by atoms with E-state index in [0.717, 1.165) is 30.5 Å². The van der Waals surface area contributed by atoms with E-state index in [1.807, 2.05) is 48.7 Å². The maximum absolute atomic E-state index is 11.8. The summed E-state index contributed by atoms with van der Waals surface area (Å²) in [6.45, 7) is 2.56. The van der Waals surface area contributed by atoms with Crippen LogP contribution in [0.2, 0.25) is 0 Å². The topological polar surface area (TPSA) is 34.0 Å². The Morgan fingerprint density at radius 1 is 0.905 bits per heavy atom. The second kappa shape index (κ2) is 6.37. The predicted octanol–water partition coefficient (Wildman–Crippen LogP) is 2.79. The number of rotatable bonds is 5. The average Bonchev–Trinajstić information content (AvgIpc) is 2.55. The molecule has 21 heavy (non-hydrogen) atoms. The van der Waals surface area contributed by atoms with Crippen molar-refractivity contribution in [1.82, 2.24) is 9.88 Å². The van der Waals surface area contributed by atoms with E-state index in [1.165, 1.54) is 5.56 Å². The van der Waals surface area contributed by atoms with Gasteiger partial charge in [0.25, 0.3) is 0 Å². The van der Waals surface area contributed by atoms with Gasteiger partial charge < -0.3 is 9.88 Å². The quantitative estimate of drug-likeness (QED) is 0.728. The second-order valence-electron chi connectivity index (χ2n) is 5.05. The number of fused-ring (bicyclic) bond motifs is 1. The fourth-order valence-electron chi connectivity index (χ4n) is 2.48. The lowest BCUT2D eigenvalue weighted by Gasteiger charge is -2.11. The lowest BCUT2D eigenvalue weighted by atomic mass is 10.2. The van der Waals surface area contributed by atoms with E-state index in [4.69, 9.17) is 0 Å². The van der Waals surface area contributed by atoms with E-state index in [-0.39, 0.29) is 5.43 Å².